The van der Waals surface area contributed by atoms with Gasteiger partial charge in [0.05, 0.1) is 0 Å². The minimum Gasteiger partial charge on any atom is -0.0662 e. The van der Waals surface area contributed by atoms with E-state index in [1.807, 2.05) is 0 Å². The summed E-state index contributed by atoms with van der Waals surface area (Å²) in [5, 5.41) is 0. The number of fused-ring (bicyclic) bond motifs is 1. The van der Waals surface area contributed by atoms with Crippen molar-refractivity contribution in [3.63, 3.8) is 0 Å². The van der Waals surface area contributed by atoms with Gasteiger partial charge in [0.1, 0.15) is 0 Å². The van der Waals surface area contributed by atoms with Gasteiger partial charge in [-0.25, -0.2) is 0 Å². The molecule has 0 heterocycles. The zero-order valence-electron chi connectivity index (χ0n) is 14.8. The Hall–Kier alpha value is -1.74. The third kappa shape index (κ3) is 3.61. The second kappa shape index (κ2) is 7.22. The first-order chi connectivity index (χ1) is 11.2. The van der Waals surface area contributed by atoms with E-state index in [9.17, 15) is 0 Å². The molecule has 0 radical (unpaired) electrons. The summed E-state index contributed by atoms with van der Waals surface area (Å²) in [5.41, 5.74) is 15.6. The number of hydrogen-bond donors (Lipinski definition) is 0. The summed E-state index contributed by atoms with van der Waals surface area (Å²) in [6.07, 6.45) is 10.8. The zero-order valence-corrected chi connectivity index (χ0v) is 14.8. The molecule has 0 N–H and O–H groups in total. The lowest BCUT2D eigenvalue weighted by atomic mass is 9.87. The van der Waals surface area contributed by atoms with Gasteiger partial charge in [-0.2, -0.15) is 0 Å². The smallest absolute Gasteiger partial charge is 0.00585 e. The lowest BCUT2D eigenvalue weighted by Gasteiger charge is -2.16. The number of rotatable bonds is 6. The molecule has 0 aliphatic heterocycles. The first-order valence-corrected chi connectivity index (χ1v) is 9.27. The van der Waals surface area contributed by atoms with Crippen LogP contribution in [0.25, 0.3) is 0 Å². The third-order valence-electron chi connectivity index (χ3n) is 5.18. The van der Waals surface area contributed by atoms with Crippen LogP contribution in [0, 0.1) is 5.92 Å². The Kier molecular flexibility index (Phi) is 5.06. The van der Waals surface area contributed by atoms with Gasteiger partial charge in [0, 0.05) is 11.1 Å². The lowest BCUT2D eigenvalue weighted by molar-refractivity contribution is 0.691. The average Bonchev–Trinajstić information content (AvgIpc) is 3.02. The summed E-state index contributed by atoms with van der Waals surface area (Å²) in [4.78, 5) is 0. The summed E-state index contributed by atoms with van der Waals surface area (Å²) in [7, 11) is 0. The van der Waals surface area contributed by atoms with Crippen LogP contribution >= 0.6 is 0 Å². The molecule has 0 nitrogen and oxygen atoms in total. The molecule has 1 atom stereocenters. The molecular weight excluding hydrogens is 276 g/mol. The van der Waals surface area contributed by atoms with Gasteiger partial charge in [0.25, 0.3) is 0 Å². The number of hydrogen-bond acceptors (Lipinski definition) is 0. The molecule has 1 unspecified atom stereocenters. The SMILES string of the molecule is CCCC1=CC(C(C)Cc2ccc3c(c2)CCC3)=C=C=C1CC. The molecule has 0 aromatic heterocycles. The second-order valence-corrected chi connectivity index (χ2v) is 7.02. The molecule has 120 valence electrons. The molecule has 0 heteroatoms. The van der Waals surface area contributed by atoms with Crippen LogP contribution in [-0.4, -0.2) is 0 Å². The summed E-state index contributed by atoms with van der Waals surface area (Å²) >= 11 is 0. The van der Waals surface area contributed by atoms with Gasteiger partial charge in [-0.15, -0.1) is 0 Å². The van der Waals surface area contributed by atoms with E-state index in [-0.39, 0.29) is 0 Å². The van der Waals surface area contributed by atoms with Gasteiger partial charge in [-0.05, 0) is 72.8 Å². The van der Waals surface area contributed by atoms with E-state index >= 15 is 0 Å². The number of aryl methyl sites for hydroxylation is 2. The molecule has 1 aromatic carbocycles. The van der Waals surface area contributed by atoms with Gasteiger partial charge < -0.3 is 0 Å². The van der Waals surface area contributed by atoms with Gasteiger partial charge in [-0.3, -0.25) is 0 Å². The normalized spacial score (nSPS) is 17.4. The Morgan fingerprint density at radius 3 is 2.70 bits per heavy atom. The van der Waals surface area contributed by atoms with Gasteiger partial charge in [0.15, 0.2) is 0 Å². The van der Waals surface area contributed by atoms with Gasteiger partial charge in [0.2, 0.25) is 0 Å². The zero-order chi connectivity index (χ0) is 16.2. The molecule has 0 amide bonds. The fraction of sp³-hybridized carbons (Fsp3) is 0.478. The second-order valence-electron chi connectivity index (χ2n) is 7.02. The van der Waals surface area contributed by atoms with Gasteiger partial charge in [-0.1, -0.05) is 56.9 Å². The molecule has 0 saturated carbocycles. The number of benzene rings is 1. The van der Waals surface area contributed by atoms with E-state index in [2.05, 4.69) is 56.5 Å². The van der Waals surface area contributed by atoms with Crippen molar-refractivity contribution in [3.05, 3.63) is 69.1 Å². The first kappa shape index (κ1) is 16.1. The predicted octanol–water partition coefficient (Wildman–Crippen LogP) is 6.11. The molecule has 23 heavy (non-hydrogen) atoms. The van der Waals surface area contributed by atoms with Crippen molar-refractivity contribution in [3.8, 4) is 0 Å². The van der Waals surface area contributed by atoms with Crippen LogP contribution in [0.5, 0.6) is 0 Å². The van der Waals surface area contributed by atoms with Crippen LogP contribution in [0.1, 0.15) is 63.1 Å². The highest BCUT2D eigenvalue weighted by atomic mass is 14.2. The lowest BCUT2D eigenvalue weighted by Crippen LogP contribution is -2.05. The van der Waals surface area contributed by atoms with Crippen LogP contribution in [0.2, 0.25) is 0 Å². The molecule has 0 fully saturated rings. The van der Waals surface area contributed by atoms with Crippen molar-refractivity contribution in [2.24, 2.45) is 5.92 Å². The molecule has 2 aliphatic rings. The monoisotopic (exact) mass is 304 g/mol. The van der Waals surface area contributed by atoms with Crippen LogP contribution in [0.4, 0.5) is 0 Å². The molecule has 2 aliphatic carbocycles. The Morgan fingerprint density at radius 2 is 1.91 bits per heavy atom. The van der Waals surface area contributed by atoms with Crippen molar-refractivity contribution in [2.75, 3.05) is 0 Å². The van der Waals surface area contributed by atoms with E-state index in [0.717, 1.165) is 19.3 Å². The van der Waals surface area contributed by atoms with Crippen LogP contribution in [0.15, 0.2) is 52.5 Å². The maximum Gasteiger partial charge on any atom is 0.00585 e. The molecule has 0 bridgehead atoms. The Labute approximate surface area is 141 Å². The van der Waals surface area contributed by atoms with Crippen molar-refractivity contribution < 1.29 is 0 Å². The molecular formula is C23H28. The predicted molar refractivity (Wildman–Crippen MR) is 98.7 cm³/mol. The average molecular weight is 304 g/mol. The molecule has 0 saturated heterocycles. The minimum absolute atomic E-state index is 0.507. The maximum atomic E-state index is 3.43. The Bertz CT molecular complexity index is 716. The van der Waals surface area contributed by atoms with Crippen LogP contribution in [-0.2, 0) is 19.3 Å². The third-order valence-corrected chi connectivity index (χ3v) is 5.18. The Balaban J connectivity index is 1.79. The first-order valence-electron chi connectivity index (χ1n) is 9.27. The molecule has 0 spiro atoms. The van der Waals surface area contributed by atoms with Crippen LogP contribution < -0.4 is 0 Å². The van der Waals surface area contributed by atoms with Crippen molar-refractivity contribution in [1.29, 1.82) is 0 Å². The fourth-order valence-corrected chi connectivity index (χ4v) is 3.83. The van der Waals surface area contributed by atoms with E-state index in [1.54, 1.807) is 11.1 Å². The topological polar surface area (TPSA) is 0 Å². The van der Waals surface area contributed by atoms with Crippen molar-refractivity contribution in [2.45, 2.75) is 65.7 Å². The standard InChI is InChI=1S/C23H28/c1-4-7-22-16-21(13-12-19(22)5-2)17(3)14-18-10-11-20-8-6-9-23(20)15-18/h10-11,15-17H,4-9,14H2,1-3H3. The van der Waals surface area contributed by atoms with E-state index < -0.39 is 0 Å². The fourth-order valence-electron chi connectivity index (χ4n) is 3.83. The Morgan fingerprint density at radius 1 is 1.09 bits per heavy atom. The van der Waals surface area contributed by atoms with Crippen molar-refractivity contribution in [1.82, 2.24) is 0 Å². The highest BCUT2D eigenvalue weighted by Gasteiger charge is 2.15. The summed E-state index contributed by atoms with van der Waals surface area (Å²) < 4.78 is 0. The maximum absolute atomic E-state index is 3.43. The highest BCUT2D eigenvalue weighted by molar-refractivity contribution is 5.42. The van der Waals surface area contributed by atoms with Crippen LogP contribution in [0.3, 0.4) is 0 Å². The number of allylic oxidation sites excluding steroid dienone is 4. The van der Waals surface area contributed by atoms with Gasteiger partial charge >= 0.3 is 0 Å². The summed E-state index contributed by atoms with van der Waals surface area (Å²) in [6.45, 7) is 6.80. The van der Waals surface area contributed by atoms with E-state index in [1.165, 1.54) is 48.0 Å². The summed E-state index contributed by atoms with van der Waals surface area (Å²) in [5.74, 6) is 0.507. The van der Waals surface area contributed by atoms with E-state index in [0.29, 0.717) is 5.92 Å². The molecule has 3 rings (SSSR count). The molecule has 1 aromatic rings. The highest BCUT2D eigenvalue weighted by Crippen LogP contribution is 2.28. The minimum atomic E-state index is 0.507. The summed E-state index contributed by atoms with van der Waals surface area (Å²) in [6, 6.07) is 7.12. The van der Waals surface area contributed by atoms with Crippen molar-refractivity contribution >= 4 is 0 Å². The quantitative estimate of drug-likeness (QED) is 0.556. The largest absolute Gasteiger partial charge is 0.0662 e. The van der Waals surface area contributed by atoms with E-state index in [4.69, 9.17) is 0 Å².